The molecule has 0 fully saturated rings. The number of nitrogens with zero attached hydrogens (tertiary/aromatic N) is 4. The molecule has 0 atom stereocenters. The minimum Gasteiger partial charge on any atom is -0.343 e. The Morgan fingerprint density at radius 2 is 2.44 bits per heavy atom. The molecule has 0 saturated carbocycles. The second-order valence-electron chi connectivity index (χ2n) is 3.75. The van der Waals surface area contributed by atoms with Crippen LogP contribution in [0.15, 0.2) is 16.7 Å². The normalized spacial score (nSPS) is 10.6. The minimum absolute atomic E-state index is 0.154. The van der Waals surface area contributed by atoms with Gasteiger partial charge >= 0.3 is 0 Å². The lowest BCUT2D eigenvalue weighted by Gasteiger charge is -2.07. The summed E-state index contributed by atoms with van der Waals surface area (Å²) in [6, 6.07) is 1.79. The first-order chi connectivity index (χ1) is 8.70. The Bertz CT molecular complexity index is 520. The summed E-state index contributed by atoms with van der Waals surface area (Å²) in [6.45, 7) is 3.12. The standard InChI is InChI=1S/C10H13BrN6O/c1-2-3-17-6-7(11)4-8(17)10(18)12-5-9-13-15-16-14-9/h4,6H,2-3,5H2,1H3,(H,12,18)(H,13,14,15,16). The maximum atomic E-state index is 12.0. The lowest BCUT2D eigenvalue weighted by molar-refractivity contribution is 0.0940. The molecular weight excluding hydrogens is 300 g/mol. The molecule has 2 aromatic rings. The first-order valence-corrected chi connectivity index (χ1v) is 6.36. The van der Waals surface area contributed by atoms with Gasteiger partial charge in [0.2, 0.25) is 0 Å². The lowest BCUT2D eigenvalue weighted by atomic mass is 10.3. The second kappa shape index (κ2) is 5.76. The highest BCUT2D eigenvalue weighted by molar-refractivity contribution is 9.10. The summed E-state index contributed by atoms with van der Waals surface area (Å²) in [4.78, 5) is 12.0. The molecule has 0 aliphatic rings. The fraction of sp³-hybridized carbons (Fsp3) is 0.400. The SMILES string of the molecule is CCCn1cc(Br)cc1C(=O)NCc1nn[nH]n1. The molecule has 2 N–H and O–H groups in total. The Hall–Kier alpha value is -1.70. The van der Waals surface area contributed by atoms with Crippen LogP contribution in [0, 0.1) is 0 Å². The number of hydrogen-bond acceptors (Lipinski definition) is 4. The number of rotatable bonds is 5. The number of halogens is 1. The van der Waals surface area contributed by atoms with Crippen molar-refractivity contribution in [2.45, 2.75) is 26.4 Å². The van der Waals surface area contributed by atoms with E-state index in [4.69, 9.17) is 0 Å². The van der Waals surface area contributed by atoms with Crippen molar-refractivity contribution >= 4 is 21.8 Å². The van der Waals surface area contributed by atoms with Crippen LogP contribution in [0.1, 0.15) is 29.7 Å². The number of carbonyl (C=O) groups excluding carboxylic acids is 1. The van der Waals surface area contributed by atoms with E-state index in [0.717, 1.165) is 17.4 Å². The average Bonchev–Trinajstić information content (AvgIpc) is 2.96. The average molecular weight is 313 g/mol. The highest BCUT2D eigenvalue weighted by atomic mass is 79.9. The number of hydrogen-bond donors (Lipinski definition) is 2. The van der Waals surface area contributed by atoms with Crippen molar-refractivity contribution in [3.05, 3.63) is 28.3 Å². The molecule has 1 amide bonds. The van der Waals surface area contributed by atoms with Crippen molar-refractivity contribution in [1.29, 1.82) is 0 Å². The van der Waals surface area contributed by atoms with Crippen LogP contribution in [-0.2, 0) is 13.1 Å². The molecule has 0 saturated heterocycles. The van der Waals surface area contributed by atoms with Crippen molar-refractivity contribution in [2.75, 3.05) is 0 Å². The van der Waals surface area contributed by atoms with Gasteiger partial charge in [0.1, 0.15) is 5.69 Å². The Labute approximate surface area is 112 Å². The largest absolute Gasteiger partial charge is 0.343 e. The predicted molar refractivity (Wildman–Crippen MR) is 67.8 cm³/mol. The number of nitrogens with one attached hydrogen (secondary N) is 2. The van der Waals surface area contributed by atoms with Crippen LogP contribution in [0.25, 0.3) is 0 Å². The summed E-state index contributed by atoms with van der Waals surface area (Å²) in [6.07, 6.45) is 2.86. The summed E-state index contributed by atoms with van der Waals surface area (Å²) >= 11 is 3.37. The van der Waals surface area contributed by atoms with E-state index in [1.165, 1.54) is 0 Å². The van der Waals surface area contributed by atoms with Gasteiger partial charge in [-0.15, -0.1) is 10.2 Å². The molecule has 0 aliphatic carbocycles. The van der Waals surface area contributed by atoms with Crippen LogP contribution < -0.4 is 5.32 Å². The van der Waals surface area contributed by atoms with E-state index in [1.54, 1.807) is 6.07 Å². The molecule has 0 bridgehead atoms. The first kappa shape index (κ1) is 12.7. The molecule has 2 heterocycles. The van der Waals surface area contributed by atoms with Crippen LogP contribution in [0.3, 0.4) is 0 Å². The van der Waals surface area contributed by atoms with Crippen molar-refractivity contribution in [3.8, 4) is 0 Å². The van der Waals surface area contributed by atoms with Gasteiger partial charge in [-0.1, -0.05) is 12.1 Å². The highest BCUT2D eigenvalue weighted by Gasteiger charge is 2.13. The molecule has 0 radical (unpaired) electrons. The van der Waals surface area contributed by atoms with Crippen molar-refractivity contribution in [3.63, 3.8) is 0 Å². The maximum absolute atomic E-state index is 12.0. The van der Waals surface area contributed by atoms with Gasteiger partial charge in [-0.05, 0) is 28.4 Å². The Morgan fingerprint density at radius 3 is 3.11 bits per heavy atom. The molecule has 0 aliphatic heterocycles. The number of aromatic amines is 1. The summed E-state index contributed by atoms with van der Waals surface area (Å²) in [5.41, 5.74) is 0.618. The fourth-order valence-corrected chi connectivity index (χ4v) is 2.06. The zero-order valence-corrected chi connectivity index (χ0v) is 11.4. The summed E-state index contributed by atoms with van der Waals surface area (Å²) < 4.78 is 2.80. The van der Waals surface area contributed by atoms with Crippen LogP contribution in [0.4, 0.5) is 0 Å². The van der Waals surface area contributed by atoms with Gasteiger partial charge in [0.15, 0.2) is 5.82 Å². The van der Waals surface area contributed by atoms with Gasteiger partial charge in [-0.25, -0.2) is 0 Å². The smallest absolute Gasteiger partial charge is 0.268 e. The highest BCUT2D eigenvalue weighted by Crippen LogP contribution is 2.15. The van der Waals surface area contributed by atoms with Crippen molar-refractivity contribution < 1.29 is 4.79 Å². The van der Waals surface area contributed by atoms with E-state index in [0.29, 0.717) is 11.5 Å². The van der Waals surface area contributed by atoms with E-state index >= 15 is 0 Å². The molecule has 2 rings (SSSR count). The Balaban J connectivity index is 2.03. The van der Waals surface area contributed by atoms with Crippen LogP contribution in [0.5, 0.6) is 0 Å². The third-order valence-electron chi connectivity index (χ3n) is 2.36. The van der Waals surface area contributed by atoms with E-state index in [9.17, 15) is 4.79 Å². The van der Waals surface area contributed by atoms with Gasteiger partial charge in [0, 0.05) is 17.2 Å². The van der Waals surface area contributed by atoms with Crippen LogP contribution in [-0.4, -0.2) is 31.1 Å². The monoisotopic (exact) mass is 312 g/mol. The van der Waals surface area contributed by atoms with E-state index in [2.05, 4.69) is 48.8 Å². The molecule has 8 heteroatoms. The first-order valence-electron chi connectivity index (χ1n) is 5.57. The van der Waals surface area contributed by atoms with E-state index < -0.39 is 0 Å². The van der Waals surface area contributed by atoms with Gasteiger partial charge in [-0.2, -0.15) is 5.21 Å². The topological polar surface area (TPSA) is 88.5 Å². The number of aryl methyl sites for hydroxylation is 1. The van der Waals surface area contributed by atoms with Crippen molar-refractivity contribution in [2.24, 2.45) is 0 Å². The zero-order chi connectivity index (χ0) is 13.0. The number of carbonyl (C=O) groups is 1. The zero-order valence-electron chi connectivity index (χ0n) is 9.85. The predicted octanol–water partition coefficient (Wildman–Crippen LogP) is 1.10. The quantitative estimate of drug-likeness (QED) is 0.865. The number of H-pyrrole nitrogens is 1. The number of aromatic nitrogens is 5. The molecular formula is C10H13BrN6O. The van der Waals surface area contributed by atoms with Crippen LogP contribution >= 0.6 is 15.9 Å². The van der Waals surface area contributed by atoms with E-state index in [-0.39, 0.29) is 12.5 Å². The third kappa shape index (κ3) is 2.95. The lowest BCUT2D eigenvalue weighted by Crippen LogP contribution is -2.25. The summed E-state index contributed by atoms with van der Waals surface area (Å²) in [5.74, 6) is 0.301. The van der Waals surface area contributed by atoms with Gasteiger partial charge in [0.05, 0.1) is 6.54 Å². The Morgan fingerprint density at radius 1 is 1.61 bits per heavy atom. The third-order valence-corrected chi connectivity index (χ3v) is 2.79. The Kier molecular flexibility index (Phi) is 4.08. The fourth-order valence-electron chi connectivity index (χ4n) is 1.60. The van der Waals surface area contributed by atoms with Gasteiger partial charge in [0.25, 0.3) is 5.91 Å². The molecule has 96 valence electrons. The maximum Gasteiger partial charge on any atom is 0.268 e. The van der Waals surface area contributed by atoms with Crippen molar-refractivity contribution in [1.82, 2.24) is 30.5 Å². The minimum atomic E-state index is -0.154. The van der Waals surface area contributed by atoms with Gasteiger partial charge in [-0.3, -0.25) is 4.79 Å². The molecule has 0 aromatic carbocycles. The molecule has 18 heavy (non-hydrogen) atoms. The molecule has 0 unspecified atom stereocenters. The van der Waals surface area contributed by atoms with Crippen LogP contribution in [0.2, 0.25) is 0 Å². The molecule has 2 aromatic heterocycles. The second-order valence-corrected chi connectivity index (χ2v) is 4.66. The molecule has 7 nitrogen and oxygen atoms in total. The molecule has 0 spiro atoms. The summed E-state index contributed by atoms with van der Waals surface area (Å²) in [7, 11) is 0. The number of tetrazole rings is 1. The van der Waals surface area contributed by atoms with Gasteiger partial charge < -0.3 is 9.88 Å². The summed E-state index contributed by atoms with van der Waals surface area (Å²) in [5, 5.41) is 16.0. The number of amides is 1. The van der Waals surface area contributed by atoms with E-state index in [1.807, 2.05) is 10.8 Å².